The van der Waals surface area contributed by atoms with Gasteiger partial charge in [-0.05, 0) is 26.8 Å². The lowest BCUT2D eigenvalue weighted by atomic mass is 10.0. The Kier molecular flexibility index (Phi) is 2.66. The molecule has 0 unspecified atom stereocenters. The van der Waals surface area contributed by atoms with Gasteiger partial charge >= 0.3 is 0 Å². The number of anilines is 1. The maximum Gasteiger partial charge on any atom is 0.230 e. The Morgan fingerprint density at radius 3 is 2.38 bits per heavy atom. The molecule has 0 radical (unpaired) electrons. The Hall–Kier alpha value is -0.420. The number of rotatable bonds is 2. The summed E-state index contributed by atoms with van der Waals surface area (Å²) in [5, 5.41) is 3.54. The first kappa shape index (κ1) is 12.0. The summed E-state index contributed by atoms with van der Waals surface area (Å²) in [5.74, 6) is 0.152. The Bertz CT molecular complexity index is 425. The summed E-state index contributed by atoms with van der Waals surface area (Å²) in [6.45, 7) is 8.54. The molecule has 1 N–H and O–H groups in total. The Balaban J connectivity index is 2.06. The van der Waals surface area contributed by atoms with E-state index in [1.807, 2.05) is 0 Å². The van der Waals surface area contributed by atoms with Crippen LogP contribution in [0.1, 0.15) is 27.7 Å². The van der Waals surface area contributed by atoms with Gasteiger partial charge in [-0.1, -0.05) is 39.0 Å². The second-order valence-corrected chi connectivity index (χ2v) is 7.75. The third kappa shape index (κ3) is 1.70. The molecule has 3 nitrogen and oxygen atoms in total. The lowest BCUT2D eigenvalue weighted by Crippen LogP contribution is -2.17. The molecule has 1 aliphatic rings. The van der Waals surface area contributed by atoms with Gasteiger partial charge in [-0.2, -0.15) is 0 Å². The maximum absolute atomic E-state index is 12.1. The highest BCUT2D eigenvalue weighted by Crippen LogP contribution is 2.68. The summed E-state index contributed by atoms with van der Waals surface area (Å²) in [4.78, 5) is 16.2. The summed E-state index contributed by atoms with van der Waals surface area (Å²) < 4.78 is 0.928. The SMILES string of the molecule is CC1(C)C(C(=O)Nc2ncc(Br)s2)C1(C)C. The molecule has 1 aromatic rings. The van der Waals surface area contributed by atoms with Crippen LogP contribution in [0.25, 0.3) is 0 Å². The predicted molar refractivity (Wildman–Crippen MR) is 69.5 cm³/mol. The Labute approximate surface area is 108 Å². The van der Waals surface area contributed by atoms with Gasteiger partial charge in [0, 0.05) is 5.92 Å². The number of hydrogen-bond acceptors (Lipinski definition) is 3. The van der Waals surface area contributed by atoms with Gasteiger partial charge in [0.05, 0.1) is 9.98 Å². The second kappa shape index (κ2) is 3.53. The quantitative estimate of drug-likeness (QED) is 0.908. The summed E-state index contributed by atoms with van der Waals surface area (Å²) in [7, 11) is 0. The van der Waals surface area contributed by atoms with Crippen molar-refractivity contribution >= 4 is 38.3 Å². The van der Waals surface area contributed by atoms with E-state index >= 15 is 0 Å². The minimum absolute atomic E-state index is 0.0719. The molecule has 1 fully saturated rings. The van der Waals surface area contributed by atoms with Crippen molar-refractivity contribution in [3.63, 3.8) is 0 Å². The van der Waals surface area contributed by atoms with Crippen molar-refractivity contribution in [2.45, 2.75) is 27.7 Å². The molecule has 1 aliphatic carbocycles. The fourth-order valence-electron chi connectivity index (χ4n) is 2.34. The van der Waals surface area contributed by atoms with Crippen molar-refractivity contribution in [2.75, 3.05) is 5.32 Å². The molecule has 1 aromatic heterocycles. The van der Waals surface area contributed by atoms with E-state index in [1.54, 1.807) is 6.20 Å². The van der Waals surface area contributed by atoms with Crippen LogP contribution in [0.5, 0.6) is 0 Å². The van der Waals surface area contributed by atoms with Crippen molar-refractivity contribution in [2.24, 2.45) is 16.7 Å². The van der Waals surface area contributed by atoms with Crippen LogP contribution >= 0.6 is 27.3 Å². The van der Waals surface area contributed by atoms with Crippen LogP contribution in [-0.2, 0) is 4.79 Å². The number of carbonyl (C=O) groups is 1. The first-order valence-electron chi connectivity index (χ1n) is 5.19. The van der Waals surface area contributed by atoms with Gasteiger partial charge in [-0.15, -0.1) is 0 Å². The molecule has 1 heterocycles. The number of nitrogens with one attached hydrogen (secondary N) is 1. The first-order chi connectivity index (χ1) is 7.26. The van der Waals surface area contributed by atoms with Gasteiger partial charge in [0.25, 0.3) is 0 Å². The van der Waals surface area contributed by atoms with E-state index in [0.717, 1.165) is 3.79 Å². The van der Waals surface area contributed by atoms with E-state index in [4.69, 9.17) is 0 Å². The molecule has 5 heteroatoms. The molecule has 0 aromatic carbocycles. The topological polar surface area (TPSA) is 42.0 Å². The van der Waals surface area contributed by atoms with Gasteiger partial charge in [-0.3, -0.25) is 4.79 Å². The zero-order valence-electron chi connectivity index (χ0n) is 9.80. The predicted octanol–water partition coefficient (Wildman–Crippen LogP) is 3.53. The number of thiazole rings is 1. The van der Waals surface area contributed by atoms with Crippen LogP contribution < -0.4 is 5.32 Å². The number of halogens is 1. The zero-order chi connectivity index (χ0) is 12.1. The summed E-state index contributed by atoms with van der Waals surface area (Å²) in [5.41, 5.74) is 0.150. The fraction of sp³-hybridized carbons (Fsp3) is 0.636. The van der Waals surface area contributed by atoms with Gasteiger partial charge in [0.2, 0.25) is 5.91 Å². The molecule has 0 atom stereocenters. The molecule has 2 rings (SSSR count). The summed E-state index contributed by atoms with van der Waals surface area (Å²) in [6.07, 6.45) is 1.70. The van der Waals surface area contributed by atoms with E-state index in [1.165, 1.54) is 11.3 Å². The Morgan fingerprint density at radius 1 is 1.44 bits per heavy atom. The van der Waals surface area contributed by atoms with Crippen LogP contribution in [0.3, 0.4) is 0 Å². The third-order valence-corrected chi connectivity index (χ3v) is 5.38. The average Bonchev–Trinajstić information content (AvgIpc) is 2.44. The van der Waals surface area contributed by atoms with Gasteiger partial charge in [0.1, 0.15) is 0 Å². The molecule has 0 bridgehead atoms. The second-order valence-electron chi connectivity index (χ2n) is 5.34. The Morgan fingerprint density at radius 2 is 2.00 bits per heavy atom. The molecular weight excluding hydrogens is 288 g/mol. The largest absolute Gasteiger partial charge is 0.302 e. The lowest BCUT2D eigenvalue weighted by molar-refractivity contribution is -0.118. The number of hydrogen-bond donors (Lipinski definition) is 1. The molecule has 16 heavy (non-hydrogen) atoms. The summed E-state index contributed by atoms with van der Waals surface area (Å²) in [6, 6.07) is 0. The number of nitrogens with zero attached hydrogens (tertiary/aromatic N) is 1. The van der Waals surface area contributed by atoms with Crippen molar-refractivity contribution < 1.29 is 4.79 Å². The van der Waals surface area contributed by atoms with Crippen molar-refractivity contribution in [3.05, 3.63) is 9.98 Å². The third-order valence-electron chi connectivity index (χ3n) is 3.99. The standard InChI is InChI=1S/C11H15BrN2OS/c1-10(2)7(11(10,3)4)8(15)14-9-13-5-6(12)16-9/h5,7H,1-4H3,(H,13,14,15). The monoisotopic (exact) mass is 302 g/mol. The van der Waals surface area contributed by atoms with E-state index in [2.05, 4.69) is 53.9 Å². The highest BCUT2D eigenvalue weighted by molar-refractivity contribution is 9.11. The normalized spacial score (nSPS) is 21.8. The van der Waals surface area contributed by atoms with Crippen LogP contribution in [-0.4, -0.2) is 10.9 Å². The number of amides is 1. The molecule has 0 saturated heterocycles. The highest BCUT2D eigenvalue weighted by Gasteiger charge is 2.68. The van der Waals surface area contributed by atoms with Gasteiger partial charge in [0.15, 0.2) is 5.13 Å². The van der Waals surface area contributed by atoms with Crippen molar-refractivity contribution in [1.29, 1.82) is 0 Å². The van der Waals surface area contributed by atoms with Gasteiger partial charge < -0.3 is 5.32 Å². The smallest absolute Gasteiger partial charge is 0.230 e. The molecule has 88 valence electrons. The van der Waals surface area contributed by atoms with Crippen molar-refractivity contribution in [1.82, 2.24) is 4.98 Å². The molecule has 1 amide bonds. The molecule has 0 spiro atoms. The summed E-state index contributed by atoms with van der Waals surface area (Å²) >= 11 is 4.76. The molecule has 1 saturated carbocycles. The van der Waals surface area contributed by atoms with E-state index < -0.39 is 0 Å². The first-order valence-corrected chi connectivity index (χ1v) is 6.80. The number of aromatic nitrogens is 1. The van der Waals surface area contributed by atoms with Crippen LogP contribution in [0.4, 0.5) is 5.13 Å². The van der Waals surface area contributed by atoms with Gasteiger partial charge in [-0.25, -0.2) is 4.98 Å². The minimum Gasteiger partial charge on any atom is -0.302 e. The van der Waals surface area contributed by atoms with Crippen LogP contribution in [0, 0.1) is 16.7 Å². The zero-order valence-corrected chi connectivity index (χ0v) is 12.2. The van der Waals surface area contributed by atoms with E-state index in [0.29, 0.717) is 5.13 Å². The minimum atomic E-state index is 0.0719. The molecule has 0 aliphatic heterocycles. The van der Waals surface area contributed by atoms with E-state index in [-0.39, 0.29) is 22.7 Å². The maximum atomic E-state index is 12.1. The lowest BCUT2D eigenvalue weighted by Gasteiger charge is -2.03. The fourth-order valence-corrected chi connectivity index (χ4v) is 3.45. The van der Waals surface area contributed by atoms with Crippen LogP contribution in [0.2, 0.25) is 0 Å². The van der Waals surface area contributed by atoms with E-state index in [9.17, 15) is 4.79 Å². The average molecular weight is 303 g/mol. The molecular formula is C11H15BrN2OS. The van der Waals surface area contributed by atoms with Crippen molar-refractivity contribution in [3.8, 4) is 0 Å². The highest BCUT2D eigenvalue weighted by atomic mass is 79.9. The number of carbonyl (C=O) groups excluding carboxylic acids is 1. The van der Waals surface area contributed by atoms with Crippen LogP contribution in [0.15, 0.2) is 9.98 Å².